The van der Waals surface area contributed by atoms with Crippen LogP contribution in [0.4, 0.5) is 11.4 Å². The van der Waals surface area contributed by atoms with E-state index in [0.29, 0.717) is 12.0 Å². The molecule has 0 aliphatic heterocycles. The lowest BCUT2D eigenvalue weighted by atomic mass is 10.1. The Labute approximate surface area is 103 Å². The number of benzene rings is 1. The third kappa shape index (κ3) is 3.17. The number of nitro benzene ring substituents is 1. The number of aliphatic hydroxyl groups is 1. The number of aliphatic hydroxyl groups excluding tert-OH is 1. The summed E-state index contributed by atoms with van der Waals surface area (Å²) in [5.41, 5.74) is 0.281. The van der Waals surface area contributed by atoms with Crippen LogP contribution in [-0.2, 0) is 11.4 Å². The van der Waals surface area contributed by atoms with Crippen molar-refractivity contribution < 1.29 is 19.9 Å². The molecule has 3 N–H and O–H groups in total. The fourth-order valence-electron chi connectivity index (χ4n) is 1.47. The largest absolute Gasteiger partial charge is 0.480 e. The van der Waals surface area contributed by atoms with Crippen molar-refractivity contribution in [2.75, 3.05) is 5.32 Å². The molecule has 1 atom stereocenters. The van der Waals surface area contributed by atoms with E-state index in [1.165, 1.54) is 18.2 Å². The van der Waals surface area contributed by atoms with Crippen molar-refractivity contribution >= 4 is 17.3 Å². The van der Waals surface area contributed by atoms with Gasteiger partial charge in [0.25, 0.3) is 5.69 Å². The number of nitrogens with zero attached hydrogens (tertiary/aromatic N) is 1. The van der Waals surface area contributed by atoms with Crippen molar-refractivity contribution in [1.82, 2.24) is 0 Å². The Balaban J connectivity index is 3.08. The zero-order valence-corrected chi connectivity index (χ0v) is 9.79. The predicted molar refractivity (Wildman–Crippen MR) is 64.4 cm³/mol. The lowest BCUT2D eigenvalue weighted by Gasteiger charge is -2.14. The fourth-order valence-corrected chi connectivity index (χ4v) is 1.47. The Bertz CT molecular complexity index is 461. The minimum absolute atomic E-state index is 0.131. The number of aliphatic carboxylic acids is 1. The van der Waals surface area contributed by atoms with Gasteiger partial charge in [-0.15, -0.1) is 0 Å². The van der Waals surface area contributed by atoms with Gasteiger partial charge in [-0.05, 0) is 18.1 Å². The standard InChI is InChI=1S/C11H14N2O5/c1-2-8(11(15)16)12-9-4-3-7(6-14)5-10(9)13(17)18/h3-5,8,12,14H,2,6H2,1H3,(H,15,16). The zero-order valence-electron chi connectivity index (χ0n) is 9.79. The Morgan fingerprint density at radius 3 is 2.67 bits per heavy atom. The lowest BCUT2D eigenvalue weighted by molar-refractivity contribution is -0.384. The van der Waals surface area contributed by atoms with Crippen LogP contribution in [0.2, 0.25) is 0 Å². The van der Waals surface area contributed by atoms with Gasteiger partial charge in [-0.2, -0.15) is 0 Å². The minimum atomic E-state index is -1.07. The maximum absolute atomic E-state index is 10.9. The van der Waals surface area contributed by atoms with E-state index in [2.05, 4.69) is 5.32 Å². The molecule has 7 nitrogen and oxygen atoms in total. The van der Waals surface area contributed by atoms with Crippen molar-refractivity contribution in [2.24, 2.45) is 0 Å². The molecule has 0 aliphatic carbocycles. The number of carbonyl (C=O) groups is 1. The summed E-state index contributed by atoms with van der Waals surface area (Å²) >= 11 is 0. The van der Waals surface area contributed by atoms with Gasteiger partial charge in [0, 0.05) is 6.07 Å². The van der Waals surface area contributed by atoms with Gasteiger partial charge in [0.1, 0.15) is 11.7 Å². The number of rotatable bonds is 6. The molecule has 0 spiro atoms. The first-order valence-electron chi connectivity index (χ1n) is 5.37. The van der Waals surface area contributed by atoms with E-state index < -0.39 is 16.9 Å². The van der Waals surface area contributed by atoms with Gasteiger partial charge >= 0.3 is 5.97 Å². The number of anilines is 1. The van der Waals surface area contributed by atoms with Crippen LogP contribution in [-0.4, -0.2) is 27.1 Å². The van der Waals surface area contributed by atoms with Crippen LogP contribution in [0, 0.1) is 10.1 Å². The number of hydrogen-bond donors (Lipinski definition) is 3. The predicted octanol–water partition coefficient (Wildman–Crippen LogP) is 1.36. The van der Waals surface area contributed by atoms with Crippen LogP contribution in [0.15, 0.2) is 18.2 Å². The summed E-state index contributed by atoms with van der Waals surface area (Å²) < 4.78 is 0. The van der Waals surface area contributed by atoms with Gasteiger partial charge in [-0.3, -0.25) is 10.1 Å². The van der Waals surface area contributed by atoms with Crippen LogP contribution >= 0.6 is 0 Å². The number of nitro groups is 1. The number of nitrogens with one attached hydrogen (secondary N) is 1. The molecule has 1 aromatic rings. The molecule has 0 amide bonds. The van der Waals surface area contributed by atoms with Gasteiger partial charge < -0.3 is 15.5 Å². The molecule has 18 heavy (non-hydrogen) atoms. The van der Waals surface area contributed by atoms with Crippen LogP contribution in [0.25, 0.3) is 0 Å². The van der Waals surface area contributed by atoms with E-state index in [1.54, 1.807) is 6.92 Å². The Morgan fingerprint density at radius 2 is 2.22 bits per heavy atom. The Kier molecular flexibility index (Phi) is 4.61. The molecular weight excluding hydrogens is 240 g/mol. The van der Waals surface area contributed by atoms with Crippen LogP contribution in [0.1, 0.15) is 18.9 Å². The second-order valence-electron chi connectivity index (χ2n) is 3.71. The molecule has 98 valence electrons. The highest BCUT2D eigenvalue weighted by Gasteiger charge is 2.20. The number of carboxylic acid groups (broad SMARTS) is 1. The van der Waals surface area contributed by atoms with E-state index in [4.69, 9.17) is 10.2 Å². The normalized spacial score (nSPS) is 11.9. The van der Waals surface area contributed by atoms with Gasteiger partial charge in [-0.1, -0.05) is 13.0 Å². The lowest BCUT2D eigenvalue weighted by Crippen LogP contribution is -2.28. The molecule has 1 aromatic carbocycles. The third-order valence-electron chi connectivity index (χ3n) is 2.48. The summed E-state index contributed by atoms with van der Waals surface area (Å²) in [6.07, 6.45) is 0.300. The summed E-state index contributed by atoms with van der Waals surface area (Å²) in [4.78, 5) is 21.1. The van der Waals surface area contributed by atoms with Gasteiger partial charge in [-0.25, -0.2) is 4.79 Å². The molecule has 1 unspecified atom stereocenters. The van der Waals surface area contributed by atoms with Crippen LogP contribution < -0.4 is 5.32 Å². The van der Waals surface area contributed by atoms with E-state index in [0.717, 1.165) is 0 Å². The average molecular weight is 254 g/mol. The molecular formula is C11H14N2O5. The Hall–Kier alpha value is -2.15. The van der Waals surface area contributed by atoms with Crippen molar-refractivity contribution in [3.05, 3.63) is 33.9 Å². The maximum Gasteiger partial charge on any atom is 0.326 e. The summed E-state index contributed by atoms with van der Waals surface area (Å²) in [7, 11) is 0. The summed E-state index contributed by atoms with van der Waals surface area (Å²) in [6.45, 7) is 1.36. The van der Waals surface area contributed by atoms with Gasteiger partial charge in [0.2, 0.25) is 0 Å². The monoisotopic (exact) mass is 254 g/mol. The van der Waals surface area contributed by atoms with E-state index in [9.17, 15) is 14.9 Å². The van der Waals surface area contributed by atoms with E-state index in [-0.39, 0.29) is 18.0 Å². The number of carboxylic acids is 1. The molecule has 0 aromatic heterocycles. The van der Waals surface area contributed by atoms with Gasteiger partial charge in [0.15, 0.2) is 0 Å². The number of hydrogen-bond acceptors (Lipinski definition) is 5. The van der Waals surface area contributed by atoms with E-state index >= 15 is 0 Å². The molecule has 0 fully saturated rings. The molecule has 0 radical (unpaired) electrons. The van der Waals surface area contributed by atoms with Crippen molar-refractivity contribution in [3.8, 4) is 0 Å². The molecule has 7 heteroatoms. The molecule has 0 aliphatic rings. The smallest absolute Gasteiger partial charge is 0.326 e. The summed E-state index contributed by atoms with van der Waals surface area (Å²) in [6, 6.07) is 3.24. The van der Waals surface area contributed by atoms with Crippen molar-refractivity contribution in [1.29, 1.82) is 0 Å². The highest BCUT2D eigenvalue weighted by molar-refractivity contribution is 5.79. The highest BCUT2D eigenvalue weighted by Crippen LogP contribution is 2.26. The van der Waals surface area contributed by atoms with Crippen LogP contribution in [0.5, 0.6) is 0 Å². The SMILES string of the molecule is CCC(Nc1ccc(CO)cc1[N+](=O)[O-])C(=O)O. The Morgan fingerprint density at radius 1 is 1.56 bits per heavy atom. The van der Waals surface area contributed by atoms with Gasteiger partial charge in [0.05, 0.1) is 11.5 Å². The average Bonchev–Trinajstić information content (AvgIpc) is 2.35. The topological polar surface area (TPSA) is 113 Å². The second-order valence-corrected chi connectivity index (χ2v) is 3.71. The first-order chi connectivity index (χ1) is 8.49. The van der Waals surface area contributed by atoms with Crippen molar-refractivity contribution in [3.63, 3.8) is 0 Å². The fraction of sp³-hybridized carbons (Fsp3) is 0.364. The summed E-state index contributed by atoms with van der Waals surface area (Å²) in [5.74, 6) is -1.07. The molecule has 0 saturated carbocycles. The van der Waals surface area contributed by atoms with E-state index in [1.807, 2.05) is 0 Å². The molecule has 0 heterocycles. The molecule has 0 bridgehead atoms. The first kappa shape index (κ1) is 13.9. The summed E-state index contributed by atoms with van der Waals surface area (Å²) in [5, 5.41) is 31.3. The maximum atomic E-state index is 10.9. The minimum Gasteiger partial charge on any atom is -0.480 e. The zero-order chi connectivity index (χ0) is 13.7. The van der Waals surface area contributed by atoms with Crippen LogP contribution in [0.3, 0.4) is 0 Å². The highest BCUT2D eigenvalue weighted by atomic mass is 16.6. The third-order valence-corrected chi connectivity index (χ3v) is 2.48. The second kappa shape index (κ2) is 5.97. The molecule has 1 rings (SSSR count). The first-order valence-corrected chi connectivity index (χ1v) is 5.37. The van der Waals surface area contributed by atoms with Crippen molar-refractivity contribution in [2.45, 2.75) is 26.0 Å². The quantitative estimate of drug-likeness (QED) is 0.522. The molecule has 0 saturated heterocycles.